The lowest BCUT2D eigenvalue weighted by Crippen LogP contribution is -2.36. The molecular weight excluding hydrogens is 407 g/mol. The number of benzene rings is 2. The molecule has 0 saturated heterocycles. The van der Waals surface area contributed by atoms with E-state index < -0.39 is 5.91 Å². The summed E-state index contributed by atoms with van der Waals surface area (Å²) in [5, 5.41) is 6.81. The van der Waals surface area contributed by atoms with Crippen LogP contribution in [0.1, 0.15) is 52.8 Å². The van der Waals surface area contributed by atoms with Crippen LogP contribution in [-0.4, -0.2) is 17.9 Å². The SMILES string of the molecule is O=C(Nc1ccc(Cl)c(C(=O)NC2CCCCC2)c1)c1ccc(Cl)cc1Cl. The fraction of sp³-hybridized carbons (Fsp3) is 0.300. The van der Waals surface area contributed by atoms with E-state index in [1.165, 1.54) is 12.5 Å². The van der Waals surface area contributed by atoms with Gasteiger partial charge in [-0.3, -0.25) is 9.59 Å². The van der Waals surface area contributed by atoms with E-state index in [0.717, 1.165) is 25.7 Å². The van der Waals surface area contributed by atoms with Crippen LogP contribution in [0.15, 0.2) is 36.4 Å². The van der Waals surface area contributed by atoms with Crippen molar-refractivity contribution in [1.82, 2.24) is 5.32 Å². The Balaban J connectivity index is 1.74. The van der Waals surface area contributed by atoms with Crippen molar-refractivity contribution in [2.45, 2.75) is 38.1 Å². The number of hydrogen-bond acceptors (Lipinski definition) is 2. The Morgan fingerprint density at radius 1 is 0.815 bits per heavy atom. The summed E-state index contributed by atoms with van der Waals surface area (Å²) in [6.07, 6.45) is 5.42. The van der Waals surface area contributed by atoms with Crippen LogP contribution >= 0.6 is 34.8 Å². The Labute approximate surface area is 173 Å². The van der Waals surface area contributed by atoms with E-state index in [1.54, 1.807) is 30.3 Å². The van der Waals surface area contributed by atoms with Gasteiger partial charge in [0, 0.05) is 16.8 Å². The predicted molar refractivity (Wildman–Crippen MR) is 110 cm³/mol. The quantitative estimate of drug-likeness (QED) is 0.635. The molecule has 0 spiro atoms. The fourth-order valence-corrected chi connectivity index (χ4v) is 3.86. The number of amides is 2. The van der Waals surface area contributed by atoms with Crippen molar-refractivity contribution in [3.05, 3.63) is 62.6 Å². The van der Waals surface area contributed by atoms with E-state index in [-0.39, 0.29) is 17.0 Å². The number of hydrogen-bond donors (Lipinski definition) is 2. The third-order valence-electron chi connectivity index (χ3n) is 4.59. The monoisotopic (exact) mass is 424 g/mol. The molecule has 1 fully saturated rings. The Morgan fingerprint density at radius 3 is 2.26 bits per heavy atom. The van der Waals surface area contributed by atoms with Crippen LogP contribution in [0.2, 0.25) is 15.1 Å². The first-order valence-electron chi connectivity index (χ1n) is 8.81. The number of carbonyl (C=O) groups excluding carboxylic acids is 2. The zero-order valence-electron chi connectivity index (χ0n) is 14.5. The Morgan fingerprint density at radius 2 is 1.56 bits per heavy atom. The molecule has 7 heteroatoms. The molecule has 4 nitrogen and oxygen atoms in total. The summed E-state index contributed by atoms with van der Waals surface area (Å²) in [4.78, 5) is 25.0. The first-order chi connectivity index (χ1) is 12.9. The lowest BCUT2D eigenvalue weighted by molar-refractivity contribution is 0.0926. The number of nitrogens with one attached hydrogen (secondary N) is 2. The third-order valence-corrected chi connectivity index (χ3v) is 5.46. The summed E-state index contributed by atoms with van der Waals surface area (Å²) < 4.78 is 0. The molecule has 0 atom stereocenters. The van der Waals surface area contributed by atoms with Crippen LogP contribution in [0, 0.1) is 0 Å². The number of rotatable bonds is 4. The molecule has 0 unspecified atom stereocenters. The summed E-state index contributed by atoms with van der Waals surface area (Å²) in [7, 11) is 0. The van der Waals surface area contributed by atoms with E-state index in [9.17, 15) is 9.59 Å². The summed E-state index contributed by atoms with van der Waals surface area (Å²) in [6, 6.07) is 9.62. The highest BCUT2D eigenvalue weighted by atomic mass is 35.5. The molecular formula is C20H19Cl3N2O2. The van der Waals surface area contributed by atoms with Crippen molar-refractivity contribution in [3.63, 3.8) is 0 Å². The second-order valence-corrected chi connectivity index (χ2v) is 7.83. The molecule has 2 amide bonds. The van der Waals surface area contributed by atoms with Crippen molar-refractivity contribution in [3.8, 4) is 0 Å². The minimum atomic E-state index is -0.391. The summed E-state index contributed by atoms with van der Waals surface area (Å²) in [6.45, 7) is 0. The molecule has 0 aromatic heterocycles. The molecule has 3 rings (SSSR count). The van der Waals surface area contributed by atoms with Gasteiger partial charge in [-0.1, -0.05) is 54.1 Å². The first kappa shape index (κ1) is 20.0. The maximum atomic E-state index is 12.6. The molecule has 0 heterocycles. The second kappa shape index (κ2) is 8.96. The highest BCUT2D eigenvalue weighted by molar-refractivity contribution is 6.37. The average Bonchev–Trinajstić information content (AvgIpc) is 2.64. The Bertz CT molecular complexity index is 864. The van der Waals surface area contributed by atoms with Crippen LogP contribution in [-0.2, 0) is 0 Å². The minimum Gasteiger partial charge on any atom is -0.349 e. The van der Waals surface area contributed by atoms with Gasteiger partial charge in [0.2, 0.25) is 0 Å². The average molecular weight is 426 g/mol. The summed E-state index contributed by atoms with van der Waals surface area (Å²) >= 11 is 18.1. The standard InChI is InChI=1S/C20H19Cl3N2O2/c21-12-6-8-15(18(23)10-12)19(26)25-14-7-9-17(22)16(11-14)20(27)24-13-4-2-1-3-5-13/h6-11,13H,1-5H2,(H,24,27)(H,25,26). The Hall–Kier alpha value is -1.75. The van der Waals surface area contributed by atoms with Crippen LogP contribution in [0.25, 0.3) is 0 Å². The van der Waals surface area contributed by atoms with Crippen molar-refractivity contribution in [2.24, 2.45) is 0 Å². The first-order valence-corrected chi connectivity index (χ1v) is 9.94. The van der Waals surface area contributed by atoms with Crippen molar-refractivity contribution < 1.29 is 9.59 Å². The van der Waals surface area contributed by atoms with E-state index in [4.69, 9.17) is 34.8 Å². The molecule has 1 aliphatic carbocycles. The molecule has 1 aliphatic rings. The van der Waals surface area contributed by atoms with Gasteiger partial charge in [0.15, 0.2) is 0 Å². The van der Waals surface area contributed by atoms with E-state index in [2.05, 4.69) is 10.6 Å². The lowest BCUT2D eigenvalue weighted by Gasteiger charge is -2.23. The molecule has 1 saturated carbocycles. The van der Waals surface area contributed by atoms with Gasteiger partial charge in [0.25, 0.3) is 11.8 Å². The van der Waals surface area contributed by atoms with Crippen LogP contribution < -0.4 is 10.6 Å². The van der Waals surface area contributed by atoms with E-state index in [0.29, 0.717) is 26.9 Å². The van der Waals surface area contributed by atoms with E-state index in [1.807, 2.05) is 0 Å². The maximum Gasteiger partial charge on any atom is 0.257 e. The minimum absolute atomic E-state index is 0.174. The van der Waals surface area contributed by atoms with Gasteiger partial charge < -0.3 is 10.6 Å². The normalized spacial score (nSPS) is 14.6. The summed E-state index contributed by atoms with van der Waals surface area (Å²) in [5.74, 6) is -0.620. The zero-order chi connectivity index (χ0) is 19.4. The smallest absolute Gasteiger partial charge is 0.257 e. The molecule has 142 valence electrons. The molecule has 2 N–H and O–H groups in total. The van der Waals surface area contributed by atoms with Gasteiger partial charge in [-0.2, -0.15) is 0 Å². The largest absolute Gasteiger partial charge is 0.349 e. The van der Waals surface area contributed by atoms with Gasteiger partial charge in [-0.05, 0) is 49.2 Å². The highest BCUT2D eigenvalue weighted by Crippen LogP contribution is 2.25. The van der Waals surface area contributed by atoms with Gasteiger partial charge in [-0.15, -0.1) is 0 Å². The topological polar surface area (TPSA) is 58.2 Å². The third kappa shape index (κ3) is 5.16. The number of anilines is 1. The van der Waals surface area contributed by atoms with Gasteiger partial charge >= 0.3 is 0 Å². The van der Waals surface area contributed by atoms with Gasteiger partial charge in [0.1, 0.15) is 0 Å². The van der Waals surface area contributed by atoms with Gasteiger partial charge in [-0.25, -0.2) is 0 Å². The van der Waals surface area contributed by atoms with Crippen LogP contribution in [0.5, 0.6) is 0 Å². The van der Waals surface area contributed by atoms with Crippen molar-refractivity contribution in [2.75, 3.05) is 5.32 Å². The van der Waals surface area contributed by atoms with E-state index >= 15 is 0 Å². The van der Waals surface area contributed by atoms with Crippen molar-refractivity contribution >= 4 is 52.3 Å². The zero-order valence-corrected chi connectivity index (χ0v) is 16.8. The molecule has 0 bridgehead atoms. The molecule has 0 radical (unpaired) electrons. The second-order valence-electron chi connectivity index (χ2n) is 6.58. The van der Waals surface area contributed by atoms with Gasteiger partial charge in [0.05, 0.1) is 21.2 Å². The van der Waals surface area contributed by atoms with Crippen LogP contribution in [0.3, 0.4) is 0 Å². The Kier molecular flexibility index (Phi) is 6.64. The highest BCUT2D eigenvalue weighted by Gasteiger charge is 2.19. The maximum absolute atomic E-state index is 12.6. The van der Waals surface area contributed by atoms with Crippen LogP contribution in [0.4, 0.5) is 5.69 Å². The molecule has 0 aliphatic heterocycles. The molecule has 2 aromatic rings. The molecule has 27 heavy (non-hydrogen) atoms. The number of carbonyl (C=O) groups is 2. The fourth-order valence-electron chi connectivity index (χ4n) is 3.16. The lowest BCUT2D eigenvalue weighted by atomic mass is 9.95. The molecule has 2 aromatic carbocycles. The van der Waals surface area contributed by atoms with Crippen molar-refractivity contribution in [1.29, 1.82) is 0 Å². The number of halogens is 3. The summed E-state index contributed by atoms with van der Waals surface area (Å²) in [5.41, 5.74) is 1.09. The predicted octanol–water partition coefficient (Wildman–Crippen LogP) is 5.96.